The summed E-state index contributed by atoms with van der Waals surface area (Å²) < 4.78 is 0. The van der Waals surface area contributed by atoms with Gasteiger partial charge in [-0.15, -0.1) is 0 Å². The smallest absolute Gasteiger partial charge is 0.225 e. The van der Waals surface area contributed by atoms with Crippen molar-refractivity contribution in [2.24, 2.45) is 5.92 Å². The first-order chi connectivity index (χ1) is 9.17. The molecule has 1 rings (SSSR count). The average Bonchev–Trinajstić information content (AvgIpc) is 2.39. The highest BCUT2D eigenvalue weighted by molar-refractivity contribution is 5.29. The van der Waals surface area contributed by atoms with Gasteiger partial charge in [-0.05, 0) is 25.3 Å². The Morgan fingerprint density at radius 2 is 1.68 bits per heavy atom. The molecule has 0 atom stereocenters. The molecule has 108 valence electrons. The Bertz CT molecular complexity index is 329. The fraction of sp³-hybridized carbons (Fsp3) is 0.733. The molecule has 0 fully saturated rings. The molecule has 19 heavy (non-hydrogen) atoms. The van der Waals surface area contributed by atoms with Crippen molar-refractivity contribution in [3.63, 3.8) is 0 Å². The molecule has 0 radical (unpaired) electrons. The Kier molecular flexibility index (Phi) is 7.41. The highest BCUT2D eigenvalue weighted by Crippen LogP contribution is 2.08. The van der Waals surface area contributed by atoms with Crippen LogP contribution in [0, 0.1) is 5.92 Å². The molecule has 0 aliphatic rings. The second kappa shape index (κ2) is 8.86. The molecule has 1 aromatic heterocycles. The molecule has 0 amide bonds. The van der Waals surface area contributed by atoms with Gasteiger partial charge in [0.2, 0.25) is 5.95 Å². The maximum atomic E-state index is 4.49. The minimum Gasteiger partial charge on any atom is -0.341 e. The van der Waals surface area contributed by atoms with Crippen LogP contribution in [0.15, 0.2) is 12.4 Å². The van der Waals surface area contributed by atoms with Crippen LogP contribution in [-0.4, -0.2) is 29.6 Å². The first-order valence-electron chi connectivity index (χ1n) is 7.43. The standard InChI is InChI=1S/C15H28N4/c1-5-7-19(8-6-2)15-17-11-14(12-18-15)10-16-9-13(3)4/h11-13,16H,5-10H2,1-4H3. The molecule has 1 heterocycles. The fourth-order valence-corrected chi connectivity index (χ4v) is 1.96. The molecule has 0 aliphatic heterocycles. The third-order valence-corrected chi connectivity index (χ3v) is 2.84. The summed E-state index contributed by atoms with van der Waals surface area (Å²) >= 11 is 0. The molecule has 4 heteroatoms. The van der Waals surface area contributed by atoms with Crippen LogP contribution < -0.4 is 10.2 Å². The number of anilines is 1. The number of hydrogen-bond donors (Lipinski definition) is 1. The molecular formula is C15H28N4. The van der Waals surface area contributed by atoms with Crippen molar-refractivity contribution in [1.29, 1.82) is 0 Å². The summed E-state index contributed by atoms with van der Waals surface area (Å²) in [5, 5.41) is 3.41. The molecule has 1 N–H and O–H groups in total. The lowest BCUT2D eigenvalue weighted by Gasteiger charge is -2.21. The van der Waals surface area contributed by atoms with Crippen LogP contribution in [0.1, 0.15) is 46.1 Å². The van der Waals surface area contributed by atoms with E-state index in [1.807, 2.05) is 12.4 Å². The Labute approximate surface area is 117 Å². The van der Waals surface area contributed by atoms with Gasteiger partial charge in [-0.3, -0.25) is 0 Å². The van der Waals surface area contributed by atoms with Gasteiger partial charge in [-0.2, -0.15) is 0 Å². The first kappa shape index (κ1) is 15.9. The van der Waals surface area contributed by atoms with Crippen LogP contribution in [-0.2, 0) is 6.54 Å². The van der Waals surface area contributed by atoms with Crippen LogP contribution in [0.3, 0.4) is 0 Å². The van der Waals surface area contributed by atoms with Gasteiger partial charge in [-0.1, -0.05) is 27.7 Å². The third kappa shape index (κ3) is 6.01. The van der Waals surface area contributed by atoms with Crippen molar-refractivity contribution in [1.82, 2.24) is 15.3 Å². The number of rotatable bonds is 9. The lowest BCUT2D eigenvalue weighted by atomic mass is 10.2. The maximum absolute atomic E-state index is 4.49. The number of aromatic nitrogens is 2. The molecule has 0 aliphatic carbocycles. The number of hydrogen-bond acceptors (Lipinski definition) is 4. The zero-order chi connectivity index (χ0) is 14.1. The van der Waals surface area contributed by atoms with E-state index in [9.17, 15) is 0 Å². The summed E-state index contributed by atoms with van der Waals surface area (Å²) in [7, 11) is 0. The van der Waals surface area contributed by atoms with E-state index in [1.54, 1.807) is 0 Å². The second-order valence-corrected chi connectivity index (χ2v) is 5.40. The first-order valence-corrected chi connectivity index (χ1v) is 7.43. The van der Waals surface area contributed by atoms with Crippen LogP contribution in [0.2, 0.25) is 0 Å². The molecule has 0 saturated heterocycles. The SMILES string of the molecule is CCCN(CCC)c1ncc(CNCC(C)C)cn1. The van der Waals surface area contributed by atoms with E-state index in [-0.39, 0.29) is 0 Å². The fourth-order valence-electron chi connectivity index (χ4n) is 1.96. The highest BCUT2D eigenvalue weighted by atomic mass is 15.2. The minimum atomic E-state index is 0.671. The van der Waals surface area contributed by atoms with E-state index in [2.05, 4.69) is 47.9 Å². The van der Waals surface area contributed by atoms with Crippen molar-refractivity contribution >= 4 is 5.95 Å². The monoisotopic (exact) mass is 264 g/mol. The van der Waals surface area contributed by atoms with Crippen LogP contribution in [0.25, 0.3) is 0 Å². The van der Waals surface area contributed by atoms with E-state index < -0.39 is 0 Å². The summed E-state index contributed by atoms with van der Waals surface area (Å²) in [5.74, 6) is 1.53. The van der Waals surface area contributed by atoms with Gasteiger partial charge in [-0.25, -0.2) is 9.97 Å². The van der Waals surface area contributed by atoms with Gasteiger partial charge in [0.15, 0.2) is 0 Å². The van der Waals surface area contributed by atoms with Gasteiger partial charge < -0.3 is 10.2 Å². The molecular weight excluding hydrogens is 236 g/mol. The van der Waals surface area contributed by atoms with E-state index in [0.29, 0.717) is 5.92 Å². The normalized spacial score (nSPS) is 11.0. The Balaban J connectivity index is 2.53. The zero-order valence-electron chi connectivity index (χ0n) is 12.8. The Morgan fingerprint density at radius 3 is 2.16 bits per heavy atom. The number of nitrogens with one attached hydrogen (secondary N) is 1. The van der Waals surface area contributed by atoms with E-state index in [1.165, 1.54) is 0 Å². The van der Waals surface area contributed by atoms with E-state index in [0.717, 1.165) is 50.5 Å². The molecule has 0 saturated carbocycles. The highest BCUT2D eigenvalue weighted by Gasteiger charge is 2.07. The molecule has 1 aromatic rings. The van der Waals surface area contributed by atoms with Gasteiger partial charge in [0.1, 0.15) is 0 Å². The Hall–Kier alpha value is -1.16. The summed E-state index contributed by atoms with van der Waals surface area (Å²) in [6.07, 6.45) is 6.13. The lowest BCUT2D eigenvalue weighted by Crippen LogP contribution is -2.27. The molecule has 0 unspecified atom stereocenters. The summed E-state index contributed by atoms with van der Waals surface area (Å²) in [5.41, 5.74) is 1.15. The van der Waals surface area contributed by atoms with Gasteiger partial charge >= 0.3 is 0 Å². The quantitative estimate of drug-likeness (QED) is 0.744. The molecule has 0 aromatic carbocycles. The van der Waals surface area contributed by atoms with Crippen molar-refractivity contribution in [3.05, 3.63) is 18.0 Å². The van der Waals surface area contributed by atoms with Crippen LogP contribution in [0.4, 0.5) is 5.95 Å². The molecule has 4 nitrogen and oxygen atoms in total. The third-order valence-electron chi connectivity index (χ3n) is 2.84. The summed E-state index contributed by atoms with van der Waals surface area (Å²) in [4.78, 5) is 11.2. The maximum Gasteiger partial charge on any atom is 0.225 e. The van der Waals surface area contributed by atoms with E-state index in [4.69, 9.17) is 0 Å². The van der Waals surface area contributed by atoms with Gasteiger partial charge in [0, 0.05) is 37.6 Å². The van der Waals surface area contributed by atoms with Gasteiger partial charge in [0.25, 0.3) is 0 Å². The van der Waals surface area contributed by atoms with Crippen molar-refractivity contribution in [2.75, 3.05) is 24.5 Å². The minimum absolute atomic E-state index is 0.671. The summed E-state index contributed by atoms with van der Waals surface area (Å²) in [6.45, 7) is 12.7. The largest absolute Gasteiger partial charge is 0.341 e. The van der Waals surface area contributed by atoms with E-state index >= 15 is 0 Å². The lowest BCUT2D eigenvalue weighted by molar-refractivity contribution is 0.551. The molecule has 0 spiro atoms. The van der Waals surface area contributed by atoms with Gasteiger partial charge in [0.05, 0.1) is 0 Å². The predicted molar refractivity (Wildman–Crippen MR) is 81.4 cm³/mol. The predicted octanol–water partition coefficient (Wildman–Crippen LogP) is 2.85. The van der Waals surface area contributed by atoms with Crippen molar-refractivity contribution in [3.8, 4) is 0 Å². The number of nitrogens with zero attached hydrogens (tertiary/aromatic N) is 3. The molecule has 0 bridgehead atoms. The van der Waals surface area contributed by atoms with Crippen LogP contribution in [0.5, 0.6) is 0 Å². The zero-order valence-corrected chi connectivity index (χ0v) is 12.8. The Morgan fingerprint density at radius 1 is 1.11 bits per heavy atom. The average molecular weight is 264 g/mol. The van der Waals surface area contributed by atoms with Crippen molar-refractivity contribution in [2.45, 2.75) is 47.1 Å². The topological polar surface area (TPSA) is 41.1 Å². The second-order valence-electron chi connectivity index (χ2n) is 5.40. The summed E-state index contributed by atoms with van der Waals surface area (Å²) in [6, 6.07) is 0. The van der Waals surface area contributed by atoms with Crippen LogP contribution >= 0.6 is 0 Å². The van der Waals surface area contributed by atoms with Crippen molar-refractivity contribution < 1.29 is 0 Å².